The van der Waals surface area contributed by atoms with Gasteiger partial charge in [0.2, 0.25) is 11.8 Å². The van der Waals surface area contributed by atoms with Gasteiger partial charge < -0.3 is 19.8 Å². The van der Waals surface area contributed by atoms with E-state index in [0.29, 0.717) is 37.6 Å². The van der Waals surface area contributed by atoms with Crippen LogP contribution >= 0.6 is 11.6 Å². The minimum atomic E-state index is -0.193. The van der Waals surface area contributed by atoms with Gasteiger partial charge in [0.1, 0.15) is 0 Å². The SMILES string of the molecule is O=C(C=Cc1ccc(Cl)cc1)N1CCC(=O)N(CCCN2CCC3(CC3)C(O)C2)CC1. The molecule has 7 heteroatoms. The van der Waals surface area contributed by atoms with Crippen molar-refractivity contribution in [3.05, 3.63) is 40.9 Å². The maximum absolute atomic E-state index is 12.6. The third-order valence-corrected chi connectivity index (χ3v) is 7.30. The van der Waals surface area contributed by atoms with Crippen molar-refractivity contribution in [1.82, 2.24) is 14.7 Å². The minimum Gasteiger partial charge on any atom is -0.391 e. The topological polar surface area (TPSA) is 64.1 Å². The van der Waals surface area contributed by atoms with Crippen molar-refractivity contribution in [3.8, 4) is 0 Å². The molecule has 4 rings (SSSR count). The van der Waals surface area contributed by atoms with Gasteiger partial charge in [-0.25, -0.2) is 0 Å². The molecule has 3 fully saturated rings. The van der Waals surface area contributed by atoms with Crippen LogP contribution in [0.4, 0.5) is 0 Å². The maximum atomic E-state index is 12.6. The molecule has 0 aromatic heterocycles. The van der Waals surface area contributed by atoms with Gasteiger partial charge in [-0.1, -0.05) is 23.7 Å². The highest BCUT2D eigenvalue weighted by Crippen LogP contribution is 2.53. The zero-order valence-electron chi connectivity index (χ0n) is 18.0. The number of carbonyl (C=O) groups is 2. The lowest BCUT2D eigenvalue weighted by molar-refractivity contribution is -0.130. The second-order valence-electron chi connectivity index (χ2n) is 9.12. The molecule has 1 atom stereocenters. The molecule has 1 unspecified atom stereocenters. The van der Waals surface area contributed by atoms with Crippen LogP contribution < -0.4 is 0 Å². The van der Waals surface area contributed by atoms with E-state index in [-0.39, 0.29) is 23.3 Å². The molecule has 2 heterocycles. The summed E-state index contributed by atoms with van der Waals surface area (Å²) < 4.78 is 0. The minimum absolute atomic E-state index is 0.0686. The highest BCUT2D eigenvalue weighted by Gasteiger charge is 2.50. The Labute approximate surface area is 189 Å². The van der Waals surface area contributed by atoms with Gasteiger partial charge in [-0.15, -0.1) is 0 Å². The van der Waals surface area contributed by atoms with Gasteiger partial charge in [0, 0.05) is 50.2 Å². The number of piperidine rings is 1. The molecule has 2 aliphatic heterocycles. The van der Waals surface area contributed by atoms with E-state index in [0.717, 1.165) is 38.0 Å². The van der Waals surface area contributed by atoms with E-state index in [9.17, 15) is 14.7 Å². The van der Waals surface area contributed by atoms with Crippen LogP contribution in [0.3, 0.4) is 0 Å². The van der Waals surface area contributed by atoms with Crippen LogP contribution in [0.15, 0.2) is 30.3 Å². The van der Waals surface area contributed by atoms with E-state index in [2.05, 4.69) is 4.90 Å². The quantitative estimate of drug-likeness (QED) is 0.684. The molecule has 0 bridgehead atoms. The van der Waals surface area contributed by atoms with Crippen LogP contribution in [-0.2, 0) is 9.59 Å². The maximum Gasteiger partial charge on any atom is 0.246 e. The van der Waals surface area contributed by atoms with Crippen LogP contribution in [0.2, 0.25) is 5.02 Å². The summed E-state index contributed by atoms with van der Waals surface area (Å²) in [6, 6.07) is 7.32. The lowest BCUT2D eigenvalue weighted by Gasteiger charge is -2.36. The van der Waals surface area contributed by atoms with Gasteiger partial charge in [-0.2, -0.15) is 0 Å². The van der Waals surface area contributed by atoms with Crippen molar-refractivity contribution in [2.45, 2.75) is 38.2 Å². The van der Waals surface area contributed by atoms with E-state index in [1.54, 1.807) is 29.2 Å². The van der Waals surface area contributed by atoms with Gasteiger partial charge >= 0.3 is 0 Å². The standard InChI is InChI=1S/C24H32ClN3O3/c25-20-5-2-19(3-6-20)4-7-22(30)28-14-8-23(31)27(16-17-28)13-1-12-26-15-11-24(9-10-24)21(29)18-26/h2-7,21,29H,1,8-18H2. The van der Waals surface area contributed by atoms with Crippen molar-refractivity contribution >= 4 is 29.5 Å². The summed E-state index contributed by atoms with van der Waals surface area (Å²) in [5.41, 5.74) is 1.15. The fraction of sp³-hybridized carbons (Fsp3) is 0.583. The Morgan fingerprint density at radius 3 is 2.58 bits per heavy atom. The Balaban J connectivity index is 1.21. The first-order chi connectivity index (χ1) is 14.9. The third kappa shape index (κ3) is 5.68. The van der Waals surface area contributed by atoms with Gasteiger partial charge in [0.25, 0.3) is 0 Å². The monoisotopic (exact) mass is 445 g/mol. The zero-order valence-corrected chi connectivity index (χ0v) is 18.8. The van der Waals surface area contributed by atoms with E-state index in [1.807, 2.05) is 17.0 Å². The van der Waals surface area contributed by atoms with Crippen LogP contribution in [0, 0.1) is 5.41 Å². The molecule has 31 heavy (non-hydrogen) atoms. The van der Waals surface area contributed by atoms with Crippen LogP contribution in [0.5, 0.6) is 0 Å². The smallest absolute Gasteiger partial charge is 0.246 e. The van der Waals surface area contributed by atoms with E-state index >= 15 is 0 Å². The fourth-order valence-corrected chi connectivity index (χ4v) is 4.81. The highest BCUT2D eigenvalue weighted by atomic mass is 35.5. The molecular formula is C24H32ClN3O3. The molecule has 6 nitrogen and oxygen atoms in total. The fourth-order valence-electron chi connectivity index (χ4n) is 4.68. The number of benzene rings is 1. The number of hydrogen-bond donors (Lipinski definition) is 1. The summed E-state index contributed by atoms with van der Waals surface area (Å²) in [7, 11) is 0. The molecule has 2 saturated heterocycles. The normalized spacial score (nSPS) is 24.1. The number of β-amino-alcohol motifs (C(OH)–C–C–N with tert-alkyl or cyclic N) is 1. The number of amides is 2. The number of halogens is 1. The Kier molecular flexibility index (Phi) is 6.99. The summed E-state index contributed by atoms with van der Waals surface area (Å²) in [6.45, 7) is 5.01. The molecule has 3 aliphatic rings. The summed E-state index contributed by atoms with van der Waals surface area (Å²) in [5.74, 6) is 0.0495. The predicted octanol–water partition coefficient (Wildman–Crippen LogP) is 2.65. The van der Waals surface area contributed by atoms with Gasteiger partial charge in [0.15, 0.2) is 0 Å². The number of hydrogen-bond acceptors (Lipinski definition) is 4. The van der Waals surface area contributed by atoms with Crippen molar-refractivity contribution < 1.29 is 14.7 Å². The highest BCUT2D eigenvalue weighted by molar-refractivity contribution is 6.30. The Morgan fingerprint density at radius 1 is 1.10 bits per heavy atom. The molecule has 1 aromatic carbocycles. The number of aliphatic hydroxyl groups is 1. The number of nitrogens with zero attached hydrogens (tertiary/aromatic N) is 3. The summed E-state index contributed by atoms with van der Waals surface area (Å²) in [6.07, 6.45) is 7.86. The number of carbonyl (C=O) groups excluding carboxylic acids is 2. The molecule has 0 radical (unpaired) electrons. The molecule has 1 saturated carbocycles. The first-order valence-corrected chi connectivity index (χ1v) is 11.7. The lowest BCUT2D eigenvalue weighted by Crippen LogP contribution is -2.46. The largest absolute Gasteiger partial charge is 0.391 e. The van der Waals surface area contributed by atoms with E-state index in [4.69, 9.17) is 11.6 Å². The van der Waals surface area contributed by atoms with Crippen LogP contribution in [0.1, 0.15) is 37.7 Å². The molecule has 1 aromatic rings. The van der Waals surface area contributed by atoms with Gasteiger partial charge in [0.05, 0.1) is 6.10 Å². The molecule has 1 N–H and O–H groups in total. The Hall–Kier alpha value is -1.89. The average Bonchev–Trinajstić information content (AvgIpc) is 3.56. The zero-order chi connectivity index (χ0) is 21.8. The predicted molar refractivity (Wildman–Crippen MR) is 122 cm³/mol. The molecule has 1 aliphatic carbocycles. The Morgan fingerprint density at radius 2 is 1.87 bits per heavy atom. The van der Waals surface area contributed by atoms with E-state index in [1.165, 1.54) is 12.8 Å². The third-order valence-electron chi connectivity index (χ3n) is 7.05. The number of aliphatic hydroxyl groups excluding tert-OH is 1. The van der Waals surface area contributed by atoms with Crippen LogP contribution in [0.25, 0.3) is 6.08 Å². The lowest BCUT2D eigenvalue weighted by atomic mass is 9.90. The van der Waals surface area contributed by atoms with Gasteiger partial charge in [-0.05, 0) is 68.0 Å². The number of likely N-dealkylation sites (tertiary alicyclic amines) is 1. The summed E-state index contributed by atoms with van der Waals surface area (Å²) >= 11 is 5.89. The summed E-state index contributed by atoms with van der Waals surface area (Å²) in [5, 5.41) is 11.0. The molecule has 1 spiro atoms. The van der Waals surface area contributed by atoms with Crippen molar-refractivity contribution in [2.75, 3.05) is 45.8 Å². The first kappa shape index (κ1) is 22.3. The van der Waals surface area contributed by atoms with Crippen molar-refractivity contribution in [1.29, 1.82) is 0 Å². The second kappa shape index (κ2) is 9.72. The molecule has 2 amide bonds. The van der Waals surface area contributed by atoms with Gasteiger partial charge in [-0.3, -0.25) is 9.59 Å². The average molecular weight is 446 g/mol. The van der Waals surface area contributed by atoms with Crippen molar-refractivity contribution in [3.63, 3.8) is 0 Å². The first-order valence-electron chi connectivity index (χ1n) is 11.4. The Bertz CT molecular complexity index is 822. The van der Waals surface area contributed by atoms with E-state index < -0.39 is 0 Å². The molecule has 168 valence electrons. The van der Waals surface area contributed by atoms with Crippen LogP contribution in [-0.4, -0.2) is 83.5 Å². The molecular weight excluding hydrogens is 414 g/mol. The summed E-state index contributed by atoms with van der Waals surface area (Å²) in [4.78, 5) is 31.1. The van der Waals surface area contributed by atoms with Crippen molar-refractivity contribution in [2.24, 2.45) is 5.41 Å². The number of rotatable bonds is 6. The second-order valence-corrected chi connectivity index (χ2v) is 9.56.